The van der Waals surface area contributed by atoms with Crippen molar-refractivity contribution in [3.63, 3.8) is 0 Å². The fourth-order valence-electron chi connectivity index (χ4n) is 2.06. The standard InChI is InChI=1S/C14H19N5O2/c1-4-15-11-8-10(3)16-12(17-11)9-19-13(20)6-7-18(5-2)14(19)21/h6-8H,4-5,9H2,1-3H3,(H,15,16,17). The molecule has 0 radical (unpaired) electrons. The summed E-state index contributed by atoms with van der Waals surface area (Å²) in [5.41, 5.74) is 0.0932. The van der Waals surface area contributed by atoms with E-state index in [1.54, 1.807) is 0 Å². The highest BCUT2D eigenvalue weighted by Gasteiger charge is 2.08. The van der Waals surface area contributed by atoms with Crippen molar-refractivity contribution in [2.45, 2.75) is 33.9 Å². The topological polar surface area (TPSA) is 81.8 Å². The number of aromatic nitrogens is 4. The van der Waals surface area contributed by atoms with Crippen molar-refractivity contribution in [3.8, 4) is 0 Å². The summed E-state index contributed by atoms with van der Waals surface area (Å²) < 4.78 is 2.62. The van der Waals surface area contributed by atoms with Gasteiger partial charge in [0, 0.05) is 37.1 Å². The minimum absolute atomic E-state index is 0.0680. The lowest BCUT2D eigenvalue weighted by Gasteiger charge is -2.09. The third-order valence-electron chi connectivity index (χ3n) is 3.04. The summed E-state index contributed by atoms with van der Waals surface area (Å²) in [6, 6.07) is 3.21. The summed E-state index contributed by atoms with van der Waals surface area (Å²) >= 11 is 0. The van der Waals surface area contributed by atoms with Crippen LogP contribution < -0.4 is 16.6 Å². The van der Waals surface area contributed by atoms with Crippen molar-refractivity contribution in [2.24, 2.45) is 0 Å². The summed E-state index contributed by atoms with van der Waals surface area (Å²) in [6.07, 6.45) is 1.50. The van der Waals surface area contributed by atoms with Crippen molar-refractivity contribution in [2.75, 3.05) is 11.9 Å². The lowest BCUT2D eigenvalue weighted by Crippen LogP contribution is -2.39. The molecule has 2 rings (SSSR count). The summed E-state index contributed by atoms with van der Waals surface area (Å²) in [7, 11) is 0. The second-order valence-electron chi connectivity index (χ2n) is 4.65. The van der Waals surface area contributed by atoms with Crippen LogP contribution in [0.15, 0.2) is 27.9 Å². The van der Waals surface area contributed by atoms with Gasteiger partial charge in [-0.25, -0.2) is 14.8 Å². The molecule has 112 valence electrons. The van der Waals surface area contributed by atoms with Gasteiger partial charge < -0.3 is 9.88 Å². The normalized spacial score (nSPS) is 10.6. The lowest BCUT2D eigenvalue weighted by molar-refractivity contribution is 0.587. The maximum atomic E-state index is 12.2. The summed E-state index contributed by atoms with van der Waals surface area (Å²) in [5, 5.41) is 3.10. The van der Waals surface area contributed by atoms with Gasteiger partial charge in [-0.05, 0) is 20.8 Å². The second-order valence-corrected chi connectivity index (χ2v) is 4.65. The molecule has 0 aliphatic rings. The Bertz CT molecular complexity index is 748. The zero-order valence-corrected chi connectivity index (χ0v) is 12.5. The highest BCUT2D eigenvalue weighted by Crippen LogP contribution is 2.06. The van der Waals surface area contributed by atoms with E-state index in [-0.39, 0.29) is 17.8 Å². The van der Waals surface area contributed by atoms with Crippen LogP contribution in [0.2, 0.25) is 0 Å². The van der Waals surface area contributed by atoms with E-state index in [1.807, 2.05) is 26.8 Å². The molecular weight excluding hydrogens is 270 g/mol. The van der Waals surface area contributed by atoms with Gasteiger partial charge in [0.2, 0.25) is 0 Å². The molecule has 2 aromatic rings. The van der Waals surface area contributed by atoms with Crippen molar-refractivity contribution in [3.05, 3.63) is 50.7 Å². The molecule has 0 unspecified atom stereocenters. The van der Waals surface area contributed by atoms with E-state index in [4.69, 9.17) is 0 Å². The first-order valence-corrected chi connectivity index (χ1v) is 6.93. The Balaban J connectivity index is 2.43. The molecule has 0 spiro atoms. The van der Waals surface area contributed by atoms with Crippen LogP contribution in [0.3, 0.4) is 0 Å². The zero-order valence-electron chi connectivity index (χ0n) is 12.5. The van der Waals surface area contributed by atoms with E-state index >= 15 is 0 Å². The molecule has 7 heteroatoms. The second kappa shape index (κ2) is 6.34. The molecule has 0 bridgehead atoms. The number of aryl methyl sites for hydroxylation is 2. The Morgan fingerprint density at radius 2 is 2.00 bits per heavy atom. The summed E-state index contributed by atoms with van der Waals surface area (Å²) in [4.78, 5) is 32.7. The molecule has 2 heterocycles. The maximum absolute atomic E-state index is 12.2. The fraction of sp³-hybridized carbons (Fsp3) is 0.429. The lowest BCUT2D eigenvalue weighted by atomic mass is 10.4. The molecule has 0 atom stereocenters. The van der Waals surface area contributed by atoms with Gasteiger partial charge in [0.15, 0.2) is 5.82 Å². The van der Waals surface area contributed by atoms with Crippen molar-refractivity contribution < 1.29 is 0 Å². The Hall–Kier alpha value is -2.44. The van der Waals surface area contributed by atoms with Crippen LogP contribution in [-0.2, 0) is 13.1 Å². The van der Waals surface area contributed by atoms with Gasteiger partial charge in [0.05, 0.1) is 6.54 Å². The van der Waals surface area contributed by atoms with Gasteiger partial charge in [-0.2, -0.15) is 0 Å². The fourth-order valence-corrected chi connectivity index (χ4v) is 2.06. The maximum Gasteiger partial charge on any atom is 0.331 e. The van der Waals surface area contributed by atoms with Crippen molar-refractivity contribution in [1.82, 2.24) is 19.1 Å². The summed E-state index contributed by atoms with van der Waals surface area (Å²) in [6.45, 7) is 6.99. The Morgan fingerprint density at radius 1 is 1.24 bits per heavy atom. The third-order valence-corrected chi connectivity index (χ3v) is 3.04. The predicted octanol–water partition coefficient (Wildman–Crippen LogP) is 0.608. The average Bonchev–Trinajstić information content (AvgIpc) is 2.43. The molecule has 2 aromatic heterocycles. The molecular formula is C14H19N5O2. The van der Waals surface area contributed by atoms with E-state index in [2.05, 4.69) is 15.3 Å². The van der Waals surface area contributed by atoms with Gasteiger partial charge in [-0.3, -0.25) is 9.36 Å². The van der Waals surface area contributed by atoms with E-state index in [0.29, 0.717) is 18.2 Å². The van der Waals surface area contributed by atoms with Crippen LogP contribution in [0.5, 0.6) is 0 Å². The van der Waals surface area contributed by atoms with Crippen LogP contribution in [0, 0.1) is 6.92 Å². The van der Waals surface area contributed by atoms with E-state index in [1.165, 1.54) is 16.8 Å². The van der Waals surface area contributed by atoms with Crippen LogP contribution >= 0.6 is 0 Å². The molecule has 0 amide bonds. The average molecular weight is 289 g/mol. The molecule has 0 saturated heterocycles. The molecule has 0 saturated carbocycles. The van der Waals surface area contributed by atoms with E-state index in [9.17, 15) is 9.59 Å². The SMILES string of the molecule is CCNc1cc(C)nc(Cn2c(=O)ccn(CC)c2=O)n1. The Morgan fingerprint density at radius 3 is 2.67 bits per heavy atom. The van der Waals surface area contributed by atoms with E-state index in [0.717, 1.165) is 16.8 Å². The summed E-state index contributed by atoms with van der Waals surface area (Å²) in [5.74, 6) is 1.14. The number of nitrogens with one attached hydrogen (secondary N) is 1. The van der Waals surface area contributed by atoms with Crippen LogP contribution in [0.4, 0.5) is 5.82 Å². The smallest absolute Gasteiger partial charge is 0.331 e. The predicted molar refractivity (Wildman–Crippen MR) is 80.7 cm³/mol. The van der Waals surface area contributed by atoms with Gasteiger partial charge >= 0.3 is 5.69 Å². The van der Waals surface area contributed by atoms with Gasteiger partial charge in [0.1, 0.15) is 5.82 Å². The third kappa shape index (κ3) is 3.36. The largest absolute Gasteiger partial charge is 0.370 e. The number of anilines is 1. The molecule has 0 fully saturated rings. The first-order chi connectivity index (χ1) is 10.0. The molecule has 1 N–H and O–H groups in total. The van der Waals surface area contributed by atoms with Gasteiger partial charge in [-0.15, -0.1) is 0 Å². The highest BCUT2D eigenvalue weighted by molar-refractivity contribution is 5.35. The minimum Gasteiger partial charge on any atom is -0.370 e. The zero-order chi connectivity index (χ0) is 15.4. The first kappa shape index (κ1) is 15.0. The quantitative estimate of drug-likeness (QED) is 0.872. The van der Waals surface area contributed by atoms with Crippen molar-refractivity contribution >= 4 is 5.82 Å². The van der Waals surface area contributed by atoms with Crippen LogP contribution in [-0.4, -0.2) is 25.6 Å². The molecule has 21 heavy (non-hydrogen) atoms. The minimum atomic E-state index is -0.347. The number of nitrogens with zero attached hydrogens (tertiary/aromatic N) is 4. The molecule has 0 aliphatic carbocycles. The van der Waals surface area contributed by atoms with Gasteiger partial charge in [0.25, 0.3) is 5.56 Å². The number of hydrogen-bond acceptors (Lipinski definition) is 5. The van der Waals surface area contributed by atoms with Crippen molar-refractivity contribution in [1.29, 1.82) is 0 Å². The van der Waals surface area contributed by atoms with E-state index < -0.39 is 0 Å². The monoisotopic (exact) mass is 289 g/mol. The highest BCUT2D eigenvalue weighted by atomic mass is 16.2. The number of hydrogen-bond donors (Lipinski definition) is 1. The Labute approximate surface area is 122 Å². The van der Waals surface area contributed by atoms with Crippen LogP contribution in [0.25, 0.3) is 0 Å². The van der Waals surface area contributed by atoms with Crippen LogP contribution in [0.1, 0.15) is 25.4 Å². The first-order valence-electron chi connectivity index (χ1n) is 6.93. The van der Waals surface area contributed by atoms with Gasteiger partial charge in [-0.1, -0.05) is 0 Å². The molecule has 7 nitrogen and oxygen atoms in total. The Kier molecular flexibility index (Phi) is 4.52. The molecule has 0 aromatic carbocycles. The molecule has 0 aliphatic heterocycles. The number of rotatable bonds is 5.